The van der Waals surface area contributed by atoms with Gasteiger partial charge in [-0.2, -0.15) is 5.10 Å². The Morgan fingerprint density at radius 2 is 2.04 bits per heavy atom. The van der Waals surface area contributed by atoms with Crippen LogP contribution in [0.25, 0.3) is 16.9 Å². The zero-order valence-electron chi connectivity index (χ0n) is 14.6. The Balaban J connectivity index is 1.96. The third kappa shape index (κ3) is 2.63. The number of nitrogens with one attached hydrogen (secondary N) is 1. The first-order valence-electron chi connectivity index (χ1n) is 8.36. The molecule has 4 rings (SSSR count). The van der Waals surface area contributed by atoms with E-state index in [0.29, 0.717) is 0 Å². The monoisotopic (exact) mass is 397 g/mol. The van der Waals surface area contributed by atoms with E-state index in [2.05, 4.69) is 59.4 Å². The molecular formula is C20H20BrN3O. The maximum absolute atomic E-state index is 5.58. The van der Waals surface area contributed by atoms with E-state index in [1.54, 1.807) is 7.11 Å². The second kappa shape index (κ2) is 6.23. The summed E-state index contributed by atoms with van der Waals surface area (Å²) in [6.45, 7) is 5.21. The molecule has 2 heterocycles. The van der Waals surface area contributed by atoms with Gasteiger partial charge in [0.1, 0.15) is 17.3 Å². The van der Waals surface area contributed by atoms with Crippen LogP contribution >= 0.6 is 15.9 Å². The molecule has 5 heteroatoms. The summed E-state index contributed by atoms with van der Waals surface area (Å²) < 4.78 is 8.64. The molecule has 1 aromatic heterocycles. The minimum Gasteiger partial charge on any atom is -0.496 e. The number of hydrogen-bond donors (Lipinski definition) is 1. The zero-order chi connectivity index (χ0) is 17.6. The highest BCUT2D eigenvalue weighted by molar-refractivity contribution is 9.10. The van der Waals surface area contributed by atoms with Gasteiger partial charge in [-0.05, 0) is 55.7 Å². The summed E-state index contributed by atoms with van der Waals surface area (Å²) in [6.07, 6.45) is 0.963. The molecule has 0 bridgehead atoms. The molecule has 0 spiro atoms. The summed E-state index contributed by atoms with van der Waals surface area (Å²) in [4.78, 5) is 0. The van der Waals surface area contributed by atoms with Crippen LogP contribution in [0.3, 0.4) is 0 Å². The zero-order valence-corrected chi connectivity index (χ0v) is 16.1. The number of anilines is 1. The molecule has 0 unspecified atom stereocenters. The minimum atomic E-state index is 0.837. The number of nitrogens with zero attached hydrogens (tertiary/aromatic N) is 2. The number of methoxy groups -OCH3 is 1. The van der Waals surface area contributed by atoms with E-state index in [0.717, 1.165) is 46.0 Å². The number of rotatable bonds is 3. The highest BCUT2D eigenvalue weighted by Crippen LogP contribution is 2.40. The lowest BCUT2D eigenvalue weighted by molar-refractivity contribution is 0.416. The molecule has 0 saturated carbocycles. The molecule has 0 amide bonds. The van der Waals surface area contributed by atoms with Gasteiger partial charge < -0.3 is 10.1 Å². The maximum atomic E-state index is 5.58. The predicted octanol–water partition coefficient (Wildman–Crippen LogP) is 4.90. The third-order valence-electron chi connectivity index (χ3n) is 4.87. The molecule has 1 aliphatic rings. The van der Waals surface area contributed by atoms with Crippen LogP contribution in [0.15, 0.2) is 40.9 Å². The first-order chi connectivity index (χ1) is 12.1. The van der Waals surface area contributed by atoms with Crippen LogP contribution in [0.4, 0.5) is 5.82 Å². The van der Waals surface area contributed by atoms with E-state index in [1.165, 1.54) is 16.7 Å². The highest BCUT2D eigenvalue weighted by atomic mass is 79.9. The minimum absolute atomic E-state index is 0.837. The Kier molecular flexibility index (Phi) is 4.04. The number of aryl methyl sites for hydroxylation is 1. The molecule has 1 N–H and O–H groups in total. The molecule has 3 aromatic rings. The summed E-state index contributed by atoms with van der Waals surface area (Å²) in [5.74, 6) is 1.93. The lowest BCUT2D eigenvalue weighted by Crippen LogP contribution is -2.06. The van der Waals surface area contributed by atoms with Crippen molar-refractivity contribution in [3.8, 4) is 22.7 Å². The largest absolute Gasteiger partial charge is 0.496 e. The van der Waals surface area contributed by atoms with Crippen LogP contribution in [-0.2, 0) is 6.42 Å². The first-order valence-corrected chi connectivity index (χ1v) is 9.15. The number of fused-ring (bicyclic) bond motifs is 1. The second-order valence-corrected chi connectivity index (χ2v) is 7.24. The first kappa shape index (κ1) is 16.2. The standard InChI is InChI=1S/C20H20BrN3O/c1-12-5-4-6-17(13(12)2)24-20-15(9-10-22-20)19(23-24)16-11-14(21)7-8-18(16)25-3/h4-8,11,22H,9-10H2,1-3H3. The van der Waals surface area contributed by atoms with Crippen molar-refractivity contribution in [3.63, 3.8) is 0 Å². The van der Waals surface area contributed by atoms with Gasteiger partial charge in [0, 0.05) is 22.1 Å². The topological polar surface area (TPSA) is 39.1 Å². The smallest absolute Gasteiger partial charge is 0.133 e. The van der Waals surface area contributed by atoms with Crippen LogP contribution in [0, 0.1) is 13.8 Å². The Labute approximate surface area is 156 Å². The fourth-order valence-electron chi connectivity index (χ4n) is 3.40. The van der Waals surface area contributed by atoms with E-state index in [4.69, 9.17) is 9.84 Å². The van der Waals surface area contributed by atoms with Gasteiger partial charge in [0.05, 0.1) is 12.8 Å². The molecule has 4 nitrogen and oxygen atoms in total. The van der Waals surface area contributed by atoms with Crippen molar-refractivity contribution in [1.29, 1.82) is 0 Å². The fourth-order valence-corrected chi connectivity index (χ4v) is 3.76. The summed E-state index contributed by atoms with van der Waals surface area (Å²) in [6, 6.07) is 12.4. The highest BCUT2D eigenvalue weighted by Gasteiger charge is 2.26. The van der Waals surface area contributed by atoms with E-state index >= 15 is 0 Å². The van der Waals surface area contributed by atoms with Crippen LogP contribution < -0.4 is 10.1 Å². The molecule has 0 saturated heterocycles. The molecule has 0 aliphatic carbocycles. The van der Waals surface area contributed by atoms with Crippen molar-refractivity contribution < 1.29 is 4.74 Å². The van der Waals surface area contributed by atoms with Gasteiger partial charge in [-0.15, -0.1) is 0 Å². The predicted molar refractivity (Wildman–Crippen MR) is 105 cm³/mol. The lowest BCUT2D eigenvalue weighted by atomic mass is 10.1. The number of ether oxygens (including phenoxy) is 1. The summed E-state index contributed by atoms with van der Waals surface area (Å²) in [7, 11) is 1.70. The summed E-state index contributed by atoms with van der Waals surface area (Å²) in [5, 5.41) is 8.48. The molecule has 0 fully saturated rings. The molecule has 0 radical (unpaired) electrons. The van der Waals surface area contributed by atoms with Gasteiger partial charge in [-0.1, -0.05) is 28.1 Å². The van der Waals surface area contributed by atoms with Crippen molar-refractivity contribution in [1.82, 2.24) is 9.78 Å². The van der Waals surface area contributed by atoms with Crippen molar-refractivity contribution >= 4 is 21.7 Å². The van der Waals surface area contributed by atoms with Gasteiger partial charge in [-0.3, -0.25) is 0 Å². The van der Waals surface area contributed by atoms with E-state index < -0.39 is 0 Å². The van der Waals surface area contributed by atoms with Crippen molar-refractivity contribution in [3.05, 3.63) is 57.6 Å². The van der Waals surface area contributed by atoms with Crippen molar-refractivity contribution in [2.24, 2.45) is 0 Å². The fraction of sp³-hybridized carbons (Fsp3) is 0.250. The Hall–Kier alpha value is -2.27. The van der Waals surface area contributed by atoms with E-state index in [9.17, 15) is 0 Å². The van der Waals surface area contributed by atoms with Crippen LogP contribution in [0.1, 0.15) is 16.7 Å². The quantitative estimate of drug-likeness (QED) is 0.683. The number of aromatic nitrogens is 2. The van der Waals surface area contributed by atoms with Gasteiger partial charge in [-0.25, -0.2) is 4.68 Å². The van der Waals surface area contributed by atoms with Gasteiger partial charge in [0.15, 0.2) is 0 Å². The van der Waals surface area contributed by atoms with Crippen LogP contribution in [-0.4, -0.2) is 23.4 Å². The number of hydrogen-bond acceptors (Lipinski definition) is 3. The van der Waals surface area contributed by atoms with Crippen molar-refractivity contribution in [2.75, 3.05) is 19.0 Å². The number of halogens is 1. The second-order valence-electron chi connectivity index (χ2n) is 6.33. The van der Waals surface area contributed by atoms with E-state index in [-0.39, 0.29) is 0 Å². The third-order valence-corrected chi connectivity index (χ3v) is 5.37. The molecule has 1 aliphatic heterocycles. The average molecular weight is 398 g/mol. The SMILES string of the molecule is COc1ccc(Br)cc1-c1nn(-c2cccc(C)c2C)c2c1CCN2. The van der Waals surface area contributed by atoms with Gasteiger partial charge in [0.25, 0.3) is 0 Å². The summed E-state index contributed by atoms with van der Waals surface area (Å²) in [5.41, 5.74) is 6.87. The lowest BCUT2D eigenvalue weighted by Gasteiger charge is -2.11. The van der Waals surface area contributed by atoms with E-state index in [1.807, 2.05) is 16.8 Å². The van der Waals surface area contributed by atoms with Gasteiger partial charge in [0.2, 0.25) is 0 Å². The maximum Gasteiger partial charge on any atom is 0.133 e. The summed E-state index contributed by atoms with van der Waals surface area (Å²) >= 11 is 3.57. The van der Waals surface area contributed by atoms with Crippen molar-refractivity contribution in [2.45, 2.75) is 20.3 Å². The molecule has 25 heavy (non-hydrogen) atoms. The number of benzene rings is 2. The van der Waals surface area contributed by atoms with Gasteiger partial charge >= 0.3 is 0 Å². The normalized spacial score (nSPS) is 12.8. The van der Waals surface area contributed by atoms with Crippen LogP contribution in [0.2, 0.25) is 0 Å². The Morgan fingerprint density at radius 1 is 1.20 bits per heavy atom. The molecule has 2 aromatic carbocycles. The average Bonchev–Trinajstić information content (AvgIpc) is 3.20. The Morgan fingerprint density at radius 3 is 2.84 bits per heavy atom. The molecular weight excluding hydrogens is 378 g/mol. The van der Waals surface area contributed by atoms with Crippen LogP contribution in [0.5, 0.6) is 5.75 Å². The molecule has 0 atom stereocenters. The Bertz CT molecular complexity index is 962. The molecule has 128 valence electrons.